The maximum absolute atomic E-state index is 12.8. The van der Waals surface area contributed by atoms with Gasteiger partial charge in [0.05, 0.1) is 10.7 Å². The van der Waals surface area contributed by atoms with E-state index in [0.717, 1.165) is 29.7 Å². The SMILES string of the molecule is CC1(C(=O)N2Cc3ccccc3C(C(=O)O)C2)CCCS1. The van der Waals surface area contributed by atoms with Crippen LogP contribution in [0.15, 0.2) is 24.3 Å². The van der Waals surface area contributed by atoms with Crippen molar-refractivity contribution in [3.63, 3.8) is 0 Å². The monoisotopic (exact) mass is 305 g/mol. The fourth-order valence-electron chi connectivity index (χ4n) is 3.26. The number of hydrogen-bond donors (Lipinski definition) is 1. The topological polar surface area (TPSA) is 57.6 Å². The number of rotatable bonds is 2. The molecule has 0 spiro atoms. The van der Waals surface area contributed by atoms with E-state index in [-0.39, 0.29) is 17.2 Å². The van der Waals surface area contributed by atoms with Crippen molar-refractivity contribution in [2.75, 3.05) is 12.3 Å². The third kappa shape index (κ3) is 2.55. The summed E-state index contributed by atoms with van der Waals surface area (Å²) in [7, 11) is 0. The maximum atomic E-state index is 12.8. The maximum Gasteiger partial charge on any atom is 0.312 e. The number of amides is 1. The average molecular weight is 305 g/mol. The minimum atomic E-state index is -0.857. The van der Waals surface area contributed by atoms with E-state index in [1.54, 1.807) is 16.7 Å². The van der Waals surface area contributed by atoms with E-state index < -0.39 is 11.9 Å². The summed E-state index contributed by atoms with van der Waals surface area (Å²) >= 11 is 1.70. The molecular weight excluding hydrogens is 286 g/mol. The van der Waals surface area contributed by atoms with Gasteiger partial charge in [-0.3, -0.25) is 9.59 Å². The third-order valence-corrected chi connectivity index (χ3v) is 5.96. The molecule has 0 aromatic heterocycles. The zero-order chi connectivity index (χ0) is 15.0. The number of thioether (sulfide) groups is 1. The Morgan fingerprint density at radius 2 is 2.14 bits per heavy atom. The normalized spacial score (nSPS) is 28.2. The van der Waals surface area contributed by atoms with E-state index in [4.69, 9.17) is 0 Å². The second-order valence-corrected chi connectivity index (χ2v) is 7.56. The predicted molar refractivity (Wildman–Crippen MR) is 82.3 cm³/mol. The molecule has 5 heteroatoms. The van der Waals surface area contributed by atoms with Crippen LogP contribution in [0, 0.1) is 0 Å². The standard InChI is InChI=1S/C16H19NO3S/c1-16(7-4-8-21-16)15(20)17-9-11-5-2-3-6-12(11)13(10-17)14(18)19/h2-3,5-6,13H,4,7-10H2,1H3,(H,18,19). The molecule has 4 nitrogen and oxygen atoms in total. The second kappa shape index (κ2) is 5.37. The van der Waals surface area contributed by atoms with Crippen LogP contribution in [0.2, 0.25) is 0 Å². The van der Waals surface area contributed by atoms with Gasteiger partial charge in [0.1, 0.15) is 0 Å². The van der Waals surface area contributed by atoms with Gasteiger partial charge in [0.2, 0.25) is 5.91 Å². The largest absolute Gasteiger partial charge is 0.481 e. The van der Waals surface area contributed by atoms with Crippen molar-refractivity contribution in [2.45, 2.75) is 37.0 Å². The van der Waals surface area contributed by atoms with Crippen LogP contribution in [0.25, 0.3) is 0 Å². The summed E-state index contributed by atoms with van der Waals surface area (Å²) in [5, 5.41) is 9.47. The van der Waals surface area contributed by atoms with Crippen LogP contribution in [-0.2, 0) is 16.1 Å². The van der Waals surface area contributed by atoms with Crippen LogP contribution in [-0.4, -0.2) is 38.9 Å². The lowest BCUT2D eigenvalue weighted by molar-refractivity contribution is -0.142. The van der Waals surface area contributed by atoms with Crippen LogP contribution in [0.5, 0.6) is 0 Å². The van der Waals surface area contributed by atoms with Crippen LogP contribution < -0.4 is 0 Å². The zero-order valence-corrected chi connectivity index (χ0v) is 12.9. The first kappa shape index (κ1) is 14.4. The average Bonchev–Trinajstić information content (AvgIpc) is 2.93. The van der Waals surface area contributed by atoms with Gasteiger partial charge in [0.15, 0.2) is 0 Å². The molecule has 112 valence electrons. The molecule has 2 aliphatic rings. The Morgan fingerprint density at radius 3 is 2.81 bits per heavy atom. The van der Waals surface area contributed by atoms with Crippen LogP contribution in [0.1, 0.15) is 36.8 Å². The van der Waals surface area contributed by atoms with Gasteiger partial charge in [0, 0.05) is 13.1 Å². The van der Waals surface area contributed by atoms with Gasteiger partial charge in [-0.15, -0.1) is 11.8 Å². The number of carbonyl (C=O) groups excluding carboxylic acids is 1. The number of aliphatic carboxylic acids is 1. The first-order chi connectivity index (χ1) is 10.0. The molecule has 2 heterocycles. The number of hydrogen-bond acceptors (Lipinski definition) is 3. The second-order valence-electron chi connectivity index (χ2n) is 5.96. The van der Waals surface area contributed by atoms with E-state index >= 15 is 0 Å². The van der Waals surface area contributed by atoms with Crippen molar-refractivity contribution >= 4 is 23.6 Å². The molecule has 3 rings (SSSR count). The smallest absolute Gasteiger partial charge is 0.312 e. The lowest BCUT2D eigenvalue weighted by atomic mass is 9.89. The molecule has 2 aliphatic heterocycles. The molecule has 1 amide bonds. The quantitative estimate of drug-likeness (QED) is 0.912. The Morgan fingerprint density at radius 1 is 1.38 bits per heavy atom. The molecule has 0 radical (unpaired) electrons. The zero-order valence-electron chi connectivity index (χ0n) is 12.0. The van der Waals surface area contributed by atoms with E-state index in [1.165, 1.54) is 0 Å². The van der Waals surface area contributed by atoms with E-state index in [1.807, 2.05) is 31.2 Å². The first-order valence-corrected chi connectivity index (χ1v) is 8.24. The molecule has 2 atom stereocenters. The number of nitrogens with zero attached hydrogens (tertiary/aromatic N) is 1. The Hall–Kier alpha value is -1.49. The number of benzene rings is 1. The number of carboxylic acids is 1. The molecule has 1 aromatic rings. The minimum Gasteiger partial charge on any atom is -0.481 e. The number of fused-ring (bicyclic) bond motifs is 1. The highest BCUT2D eigenvalue weighted by Gasteiger charge is 2.42. The minimum absolute atomic E-state index is 0.0887. The van der Waals surface area contributed by atoms with Crippen molar-refractivity contribution in [1.82, 2.24) is 4.90 Å². The van der Waals surface area contributed by atoms with Gasteiger partial charge >= 0.3 is 5.97 Å². The highest BCUT2D eigenvalue weighted by atomic mass is 32.2. The predicted octanol–water partition coefficient (Wildman–Crippen LogP) is 2.48. The summed E-state index contributed by atoms with van der Waals surface area (Å²) in [6.07, 6.45) is 1.94. The Bertz CT molecular complexity index is 581. The fourth-order valence-corrected chi connectivity index (χ4v) is 4.54. The Kier molecular flexibility index (Phi) is 3.69. The summed E-state index contributed by atoms with van der Waals surface area (Å²) in [4.78, 5) is 26.1. The molecule has 2 unspecified atom stereocenters. The molecule has 1 fully saturated rings. The lowest BCUT2D eigenvalue weighted by Crippen LogP contribution is -2.48. The van der Waals surface area contributed by atoms with Gasteiger partial charge in [-0.25, -0.2) is 0 Å². The molecule has 1 saturated heterocycles. The first-order valence-electron chi connectivity index (χ1n) is 7.25. The molecule has 0 saturated carbocycles. The molecule has 1 N–H and O–H groups in total. The van der Waals surface area contributed by atoms with E-state index in [9.17, 15) is 14.7 Å². The van der Waals surface area contributed by atoms with Crippen LogP contribution >= 0.6 is 11.8 Å². The molecule has 0 aliphatic carbocycles. The van der Waals surface area contributed by atoms with Crippen molar-refractivity contribution in [2.24, 2.45) is 0 Å². The van der Waals surface area contributed by atoms with Crippen LogP contribution in [0.4, 0.5) is 0 Å². The van der Waals surface area contributed by atoms with Gasteiger partial charge in [-0.2, -0.15) is 0 Å². The molecule has 1 aromatic carbocycles. The fraction of sp³-hybridized carbons (Fsp3) is 0.500. The molecule has 0 bridgehead atoms. The third-order valence-electron chi connectivity index (χ3n) is 4.45. The van der Waals surface area contributed by atoms with Gasteiger partial charge in [-0.1, -0.05) is 24.3 Å². The van der Waals surface area contributed by atoms with Crippen molar-refractivity contribution < 1.29 is 14.7 Å². The number of carboxylic acid groups (broad SMARTS) is 1. The number of carbonyl (C=O) groups is 2. The highest BCUT2D eigenvalue weighted by Crippen LogP contribution is 2.41. The Balaban J connectivity index is 1.89. The van der Waals surface area contributed by atoms with Crippen LogP contribution in [0.3, 0.4) is 0 Å². The van der Waals surface area contributed by atoms with Gasteiger partial charge in [0.25, 0.3) is 0 Å². The summed E-state index contributed by atoms with van der Waals surface area (Å²) < 4.78 is -0.380. The van der Waals surface area contributed by atoms with Gasteiger partial charge < -0.3 is 10.0 Å². The summed E-state index contributed by atoms with van der Waals surface area (Å²) in [6, 6.07) is 7.55. The molecular formula is C16H19NO3S. The summed E-state index contributed by atoms with van der Waals surface area (Å²) in [5.74, 6) is -0.376. The van der Waals surface area contributed by atoms with Crippen molar-refractivity contribution in [3.05, 3.63) is 35.4 Å². The summed E-state index contributed by atoms with van der Waals surface area (Å²) in [6.45, 7) is 2.79. The summed E-state index contributed by atoms with van der Waals surface area (Å²) in [5.41, 5.74) is 1.80. The van der Waals surface area contributed by atoms with Crippen molar-refractivity contribution in [1.29, 1.82) is 0 Å². The highest BCUT2D eigenvalue weighted by molar-refractivity contribution is 8.01. The Labute approximate surface area is 128 Å². The molecule has 21 heavy (non-hydrogen) atoms. The van der Waals surface area contributed by atoms with Crippen molar-refractivity contribution in [3.8, 4) is 0 Å². The lowest BCUT2D eigenvalue weighted by Gasteiger charge is -2.37. The van der Waals surface area contributed by atoms with Gasteiger partial charge in [-0.05, 0) is 36.6 Å². The van der Waals surface area contributed by atoms with E-state index in [2.05, 4.69) is 0 Å². The van der Waals surface area contributed by atoms with E-state index in [0.29, 0.717) is 6.54 Å².